The third-order valence-corrected chi connectivity index (χ3v) is 3.03. The first-order valence-electron chi connectivity index (χ1n) is 6.16. The molecule has 0 unspecified atom stereocenters. The summed E-state index contributed by atoms with van der Waals surface area (Å²) < 4.78 is 37.5. The zero-order valence-corrected chi connectivity index (χ0v) is 10.7. The normalized spacial score (nSPS) is 15.4. The lowest BCUT2D eigenvalue weighted by atomic mass is 10.2. The van der Waals surface area contributed by atoms with Gasteiger partial charge in [-0.3, -0.25) is 20.1 Å². The van der Waals surface area contributed by atoms with Crippen molar-refractivity contribution in [3.05, 3.63) is 29.6 Å². The monoisotopic (exact) mass is 288 g/mol. The van der Waals surface area contributed by atoms with E-state index >= 15 is 0 Å². The summed E-state index contributed by atoms with van der Waals surface area (Å²) in [6.45, 7) is -0.820. The number of halogens is 3. The van der Waals surface area contributed by atoms with Gasteiger partial charge in [0.2, 0.25) is 0 Å². The maximum absolute atomic E-state index is 12.5. The van der Waals surface area contributed by atoms with Crippen LogP contribution in [0, 0.1) is 0 Å². The maximum atomic E-state index is 12.5. The molecule has 0 aliphatic heterocycles. The summed E-state index contributed by atoms with van der Waals surface area (Å²) in [4.78, 5) is 16.6. The van der Waals surface area contributed by atoms with Crippen molar-refractivity contribution in [2.24, 2.45) is 5.84 Å². The Balaban J connectivity index is 2.01. The highest BCUT2D eigenvalue weighted by molar-refractivity contribution is 5.93. The standard InChI is InChI=1S/C12H15F3N4O/c13-12(14,15)7-19(10-3-4-10)6-9-2-1-8(5-17-9)11(20)18-16/h1-2,5,10H,3-4,6-7,16H2,(H,18,20). The van der Waals surface area contributed by atoms with E-state index in [1.165, 1.54) is 23.2 Å². The molecule has 1 amide bonds. The zero-order valence-electron chi connectivity index (χ0n) is 10.7. The molecule has 3 N–H and O–H groups in total. The molecule has 1 heterocycles. The Hall–Kier alpha value is -1.67. The molecule has 5 nitrogen and oxygen atoms in total. The molecule has 20 heavy (non-hydrogen) atoms. The van der Waals surface area contributed by atoms with Crippen molar-refractivity contribution < 1.29 is 18.0 Å². The number of rotatable bonds is 5. The summed E-state index contributed by atoms with van der Waals surface area (Å²) in [5.41, 5.74) is 2.73. The smallest absolute Gasteiger partial charge is 0.290 e. The van der Waals surface area contributed by atoms with Gasteiger partial charge in [-0.15, -0.1) is 0 Å². The first-order chi connectivity index (χ1) is 9.39. The molecule has 1 aromatic heterocycles. The minimum atomic E-state index is -4.22. The Bertz CT molecular complexity index is 471. The number of pyridine rings is 1. The quantitative estimate of drug-likeness (QED) is 0.485. The van der Waals surface area contributed by atoms with Crippen molar-refractivity contribution in [2.45, 2.75) is 31.6 Å². The molecule has 0 saturated heterocycles. The molecule has 0 atom stereocenters. The van der Waals surface area contributed by atoms with Crippen LogP contribution < -0.4 is 11.3 Å². The van der Waals surface area contributed by atoms with E-state index in [0.717, 1.165) is 12.8 Å². The third-order valence-electron chi connectivity index (χ3n) is 3.03. The van der Waals surface area contributed by atoms with Gasteiger partial charge in [-0.05, 0) is 25.0 Å². The second-order valence-corrected chi connectivity index (χ2v) is 4.76. The molecular weight excluding hydrogens is 273 g/mol. The van der Waals surface area contributed by atoms with Crippen LogP contribution in [0.3, 0.4) is 0 Å². The minimum absolute atomic E-state index is 0.0227. The number of amides is 1. The third kappa shape index (κ3) is 4.17. The number of nitrogens with two attached hydrogens (primary N) is 1. The predicted molar refractivity (Wildman–Crippen MR) is 65.4 cm³/mol. The van der Waals surface area contributed by atoms with Crippen molar-refractivity contribution in [1.82, 2.24) is 15.3 Å². The van der Waals surface area contributed by atoms with Gasteiger partial charge in [0.1, 0.15) is 0 Å². The highest BCUT2D eigenvalue weighted by atomic mass is 19.4. The molecule has 0 spiro atoms. The van der Waals surface area contributed by atoms with Gasteiger partial charge in [-0.25, -0.2) is 5.84 Å². The lowest BCUT2D eigenvalue weighted by molar-refractivity contribution is -0.148. The van der Waals surface area contributed by atoms with Crippen molar-refractivity contribution in [3.8, 4) is 0 Å². The Morgan fingerprint density at radius 3 is 2.60 bits per heavy atom. The first kappa shape index (κ1) is 14.7. The summed E-state index contributed by atoms with van der Waals surface area (Å²) in [5, 5.41) is 0. The average Bonchev–Trinajstić information content (AvgIpc) is 3.20. The van der Waals surface area contributed by atoms with Gasteiger partial charge in [0.05, 0.1) is 17.8 Å². The molecule has 1 aromatic rings. The number of hydrogen-bond acceptors (Lipinski definition) is 4. The van der Waals surface area contributed by atoms with Crippen LogP contribution in [0.25, 0.3) is 0 Å². The highest BCUT2D eigenvalue weighted by Gasteiger charge is 2.38. The van der Waals surface area contributed by atoms with Gasteiger partial charge >= 0.3 is 6.18 Å². The van der Waals surface area contributed by atoms with Crippen molar-refractivity contribution in [3.63, 3.8) is 0 Å². The van der Waals surface area contributed by atoms with E-state index in [0.29, 0.717) is 5.69 Å². The molecular formula is C12H15F3N4O. The summed E-state index contributed by atoms with van der Waals surface area (Å²) >= 11 is 0. The lowest BCUT2D eigenvalue weighted by Gasteiger charge is -2.22. The second-order valence-electron chi connectivity index (χ2n) is 4.76. The summed E-state index contributed by atoms with van der Waals surface area (Å²) in [6, 6.07) is 3.00. The molecule has 1 aliphatic rings. The van der Waals surface area contributed by atoms with E-state index in [9.17, 15) is 18.0 Å². The number of alkyl halides is 3. The Morgan fingerprint density at radius 1 is 1.45 bits per heavy atom. The number of nitrogen functional groups attached to an aromatic ring is 1. The number of hydrogen-bond donors (Lipinski definition) is 2. The summed E-state index contributed by atoms with van der Waals surface area (Å²) in [7, 11) is 0. The van der Waals surface area contributed by atoms with Crippen LogP contribution >= 0.6 is 0 Å². The fourth-order valence-electron chi connectivity index (χ4n) is 1.93. The van der Waals surface area contributed by atoms with E-state index in [-0.39, 0.29) is 18.2 Å². The minimum Gasteiger partial charge on any atom is -0.290 e. The number of hydrazine groups is 1. The van der Waals surface area contributed by atoms with Crippen molar-refractivity contribution >= 4 is 5.91 Å². The Kier molecular flexibility index (Phi) is 4.24. The second kappa shape index (κ2) is 5.76. The predicted octanol–water partition coefficient (Wildman–Crippen LogP) is 1.21. The van der Waals surface area contributed by atoms with Gasteiger partial charge < -0.3 is 0 Å². The average molecular weight is 288 g/mol. The van der Waals surface area contributed by atoms with Crippen LogP contribution in [0.2, 0.25) is 0 Å². The van der Waals surface area contributed by atoms with Crippen LogP contribution in [0.1, 0.15) is 28.9 Å². The number of carbonyl (C=O) groups is 1. The molecule has 1 aliphatic carbocycles. The van der Waals surface area contributed by atoms with E-state index in [4.69, 9.17) is 5.84 Å². The van der Waals surface area contributed by atoms with Crippen LogP contribution in [0.4, 0.5) is 13.2 Å². The van der Waals surface area contributed by atoms with Gasteiger partial charge in [0.15, 0.2) is 0 Å². The van der Waals surface area contributed by atoms with Crippen LogP contribution in [0.15, 0.2) is 18.3 Å². The molecule has 0 aromatic carbocycles. The van der Waals surface area contributed by atoms with Gasteiger partial charge in [-0.2, -0.15) is 13.2 Å². The molecule has 8 heteroatoms. The van der Waals surface area contributed by atoms with Crippen LogP contribution in [0.5, 0.6) is 0 Å². The largest absolute Gasteiger partial charge is 0.401 e. The number of carbonyl (C=O) groups excluding carboxylic acids is 1. The summed E-state index contributed by atoms with van der Waals surface area (Å²) in [6.07, 6.45) is -1.36. The van der Waals surface area contributed by atoms with Gasteiger partial charge in [0.25, 0.3) is 5.91 Å². The number of aromatic nitrogens is 1. The Labute approximate surface area is 113 Å². The van der Waals surface area contributed by atoms with E-state index in [2.05, 4.69) is 4.98 Å². The van der Waals surface area contributed by atoms with Crippen LogP contribution in [-0.4, -0.2) is 34.6 Å². The number of nitrogens with zero attached hydrogens (tertiary/aromatic N) is 2. The topological polar surface area (TPSA) is 71.2 Å². The molecule has 0 bridgehead atoms. The molecule has 1 saturated carbocycles. The lowest BCUT2D eigenvalue weighted by Crippen LogP contribution is -2.35. The van der Waals surface area contributed by atoms with Crippen LogP contribution in [-0.2, 0) is 6.54 Å². The van der Waals surface area contributed by atoms with E-state index in [1.54, 1.807) is 0 Å². The maximum Gasteiger partial charge on any atom is 0.401 e. The fourth-order valence-corrected chi connectivity index (χ4v) is 1.93. The number of nitrogens with one attached hydrogen (secondary N) is 1. The van der Waals surface area contributed by atoms with E-state index < -0.39 is 18.6 Å². The van der Waals surface area contributed by atoms with E-state index in [1.807, 2.05) is 5.43 Å². The molecule has 110 valence electrons. The zero-order chi connectivity index (χ0) is 14.8. The molecule has 2 rings (SSSR count). The summed E-state index contributed by atoms with van der Waals surface area (Å²) in [5.74, 6) is 4.49. The first-order valence-corrected chi connectivity index (χ1v) is 6.16. The highest BCUT2D eigenvalue weighted by Crippen LogP contribution is 2.31. The SMILES string of the molecule is NNC(=O)c1ccc(CN(CC(F)(F)F)C2CC2)nc1. The Morgan fingerprint density at radius 2 is 2.15 bits per heavy atom. The fraction of sp³-hybridized carbons (Fsp3) is 0.500. The van der Waals surface area contributed by atoms with Crippen molar-refractivity contribution in [2.75, 3.05) is 6.54 Å². The molecule has 0 radical (unpaired) electrons. The molecule has 1 fully saturated rings. The van der Waals surface area contributed by atoms with Gasteiger partial charge in [-0.1, -0.05) is 0 Å². The van der Waals surface area contributed by atoms with Gasteiger partial charge in [0, 0.05) is 18.8 Å². The van der Waals surface area contributed by atoms with Crippen molar-refractivity contribution in [1.29, 1.82) is 0 Å².